The summed E-state index contributed by atoms with van der Waals surface area (Å²) in [6.07, 6.45) is 0. The number of benzene rings is 1. The Bertz CT molecular complexity index is 312. The van der Waals surface area contributed by atoms with Crippen molar-refractivity contribution in [2.45, 2.75) is 39.7 Å². The van der Waals surface area contributed by atoms with Gasteiger partial charge in [0, 0.05) is 12.6 Å². The highest BCUT2D eigenvalue weighted by molar-refractivity contribution is 5.27. The van der Waals surface area contributed by atoms with Crippen LogP contribution < -0.4 is 5.73 Å². The summed E-state index contributed by atoms with van der Waals surface area (Å²) in [7, 11) is 0. The van der Waals surface area contributed by atoms with Crippen molar-refractivity contribution in [2.24, 2.45) is 5.73 Å². The van der Waals surface area contributed by atoms with Gasteiger partial charge in [-0.1, -0.05) is 52.0 Å². The van der Waals surface area contributed by atoms with E-state index < -0.39 is 0 Å². The molecule has 0 fully saturated rings. The molecule has 96 valence electrons. The van der Waals surface area contributed by atoms with Crippen molar-refractivity contribution >= 4 is 0 Å². The van der Waals surface area contributed by atoms with Crippen LogP contribution >= 0.6 is 0 Å². The normalized spacial score (nSPS) is 13.4. The van der Waals surface area contributed by atoms with Gasteiger partial charge in [-0.2, -0.15) is 0 Å². The second-order valence-corrected chi connectivity index (χ2v) is 4.79. The van der Waals surface area contributed by atoms with E-state index in [0.717, 1.165) is 13.1 Å². The molecule has 0 aliphatic rings. The molecule has 1 atom stereocenters. The molecule has 0 bridgehead atoms. The molecule has 17 heavy (non-hydrogen) atoms. The lowest BCUT2D eigenvalue weighted by atomic mass is 9.98. The predicted octanol–water partition coefficient (Wildman–Crippen LogP) is 3.15. The lowest BCUT2D eigenvalue weighted by molar-refractivity contribution is 0.224. The molecule has 2 nitrogen and oxygen atoms in total. The van der Waals surface area contributed by atoms with Crippen LogP contribution in [0.1, 0.15) is 50.8 Å². The summed E-state index contributed by atoms with van der Waals surface area (Å²) in [4.78, 5) is 2.41. The summed E-state index contributed by atoms with van der Waals surface area (Å²) in [6, 6.07) is 9.26. The van der Waals surface area contributed by atoms with Gasteiger partial charge in [0.1, 0.15) is 0 Å². The average Bonchev–Trinajstić information content (AvgIpc) is 2.36. The minimum atomic E-state index is 0.353. The molecule has 1 aromatic rings. The molecule has 0 radical (unpaired) electrons. The van der Waals surface area contributed by atoms with E-state index in [1.807, 2.05) is 0 Å². The second-order valence-electron chi connectivity index (χ2n) is 4.79. The van der Waals surface area contributed by atoms with Gasteiger partial charge in [0.15, 0.2) is 0 Å². The van der Waals surface area contributed by atoms with Crippen molar-refractivity contribution in [1.29, 1.82) is 0 Å². The second kappa shape index (κ2) is 6.77. The van der Waals surface area contributed by atoms with Gasteiger partial charge in [0.05, 0.1) is 0 Å². The molecular weight excluding hydrogens is 208 g/mol. The van der Waals surface area contributed by atoms with Crippen molar-refractivity contribution < 1.29 is 0 Å². The quantitative estimate of drug-likeness (QED) is 0.819. The lowest BCUT2D eigenvalue weighted by Gasteiger charge is -2.29. The average molecular weight is 234 g/mol. The van der Waals surface area contributed by atoms with E-state index in [9.17, 15) is 0 Å². The van der Waals surface area contributed by atoms with E-state index in [4.69, 9.17) is 5.73 Å². The van der Waals surface area contributed by atoms with Crippen molar-refractivity contribution in [1.82, 2.24) is 4.90 Å². The van der Waals surface area contributed by atoms with Gasteiger partial charge in [-0.15, -0.1) is 0 Å². The molecule has 1 rings (SSSR count). The zero-order valence-corrected chi connectivity index (χ0v) is 11.6. The van der Waals surface area contributed by atoms with Crippen LogP contribution in [0.5, 0.6) is 0 Å². The fourth-order valence-electron chi connectivity index (χ4n) is 2.26. The molecule has 0 unspecified atom stereocenters. The highest BCUT2D eigenvalue weighted by Gasteiger charge is 2.15. The largest absolute Gasteiger partial charge is 0.329 e. The van der Waals surface area contributed by atoms with Crippen LogP contribution in [0, 0.1) is 0 Å². The number of rotatable bonds is 6. The third-order valence-corrected chi connectivity index (χ3v) is 3.46. The van der Waals surface area contributed by atoms with E-state index in [1.165, 1.54) is 11.1 Å². The Labute approximate surface area is 106 Å². The third kappa shape index (κ3) is 3.55. The summed E-state index contributed by atoms with van der Waals surface area (Å²) in [5.41, 5.74) is 8.64. The summed E-state index contributed by atoms with van der Waals surface area (Å²) in [6.45, 7) is 11.6. The van der Waals surface area contributed by atoms with Gasteiger partial charge in [0.25, 0.3) is 0 Å². The van der Waals surface area contributed by atoms with E-state index in [2.05, 4.69) is 56.9 Å². The zero-order chi connectivity index (χ0) is 12.8. The number of nitrogens with two attached hydrogens (primary N) is 1. The molecule has 0 aromatic heterocycles. The third-order valence-electron chi connectivity index (χ3n) is 3.46. The Kier molecular flexibility index (Phi) is 5.66. The van der Waals surface area contributed by atoms with Crippen molar-refractivity contribution in [3.05, 3.63) is 35.4 Å². The minimum absolute atomic E-state index is 0.353. The molecule has 0 spiro atoms. The molecule has 0 amide bonds. The van der Waals surface area contributed by atoms with Gasteiger partial charge < -0.3 is 5.73 Å². The van der Waals surface area contributed by atoms with Crippen LogP contribution in [-0.4, -0.2) is 24.5 Å². The minimum Gasteiger partial charge on any atom is -0.329 e. The summed E-state index contributed by atoms with van der Waals surface area (Å²) >= 11 is 0. The fourth-order valence-corrected chi connectivity index (χ4v) is 2.26. The highest BCUT2D eigenvalue weighted by Crippen LogP contribution is 2.22. The van der Waals surface area contributed by atoms with Crippen LogP contribution in [0.3, 0.4) is 0 Å². The zero-order valence-electron chi connectivity index (χ0n) is 11.6. The standard InChI is InChI=1S/C15H26N2/c1-5-17(6-2)15(11-16)14-9-7-13(8-10-14)12(3)4/h7-10,12,15H,5-6,11,16H2,1-4H3/t15-/m0/s1. The predicted molar refractivity (Wildman–Crippen MR) is 75.2 cm³/mol. The first-order valence-corrected chi connectivity index (χ1v) is 6.67. The Hall–Kier alpha value is -0.860. The fraction of sp³-hybridized carbons (Fsp3) is 0.600. The number of likely N-dealkylation sites (N-methyl/N-ethyl adjacent to an activating group) is 1. The summed E-state index contributed by atoms with van der Waals surface area (Å²) < 4.78 is 0. The highest BCUT2D eigenvalue weighted by atomic mass is 15.2. The summed E-state index contributed by atoms with van der Waals surface area (Å²) in [5, 5.41) is 0. The SMILES string of the molecule is CCN(CC)[C@@H](CN)c1ccc(C(C)C)cc1. The van der Waals surface area contributed by atoms with Gasteiger partial charge in [-0.25, -0.2) is 0 Å². The van der Waals surface area contributed by atoms with E-state index in [-0.39, 0.29) is 0 Å². The van der Waals surface area contributed by atoms with Crippen LogP contribution in [0.2, 0.25) is 0 Å². The van der Waals surface area contributed by atoms with E-state index in [0.29, 0.717) is 18.5 Å². The first kappa shape index (κ1) is 14.2. The topological polar surface area (TPSA) is 29.3 Å². The molecule has 0 saturated carbocycles. The molecule has 0 aliphatic carbocycles. The molecule has 0 saturated heterocycles. The first-order chi connectivity index (χ1) is 8.13. The van der Waals surface area contributed by atoms with Gasteiger partial charge in [-0.05, 0) is 30.1 Å². The number of hydrogen-bond donors (Lipinski definition) is 1. The lowest BCUT2D eigenvalue weighted by Crippen LogP contribution is -2.33. The Morgan fingerprint density at radius 2 is 1.47 bits per heavy atom. The van der Waals surface area contributed by atoms with Crippen molar-refractivity contribution in [3.63, 3.8) is 0 Å². The van der Waals surface area contributed by atoms with Gasteiger partial charge in [0.2, 0.25) is 0 Å². The van der Waals surface area contributed by atoms with Crippen LogP contribution in [0.15, 0.2) is 24.3 Å². The summed E-state index contributed by atoms with van der Waals surface area (Å²) in [5.74, 6) is 0.592. The molecular formula is C15H26N2. The first-order valence-electron chi connectivity index (χ1n) is 6.67. The number of nitrogens with zero attached hydrogens (tertiary/aromatic N) is 1. The van der Waals surface area contributed by atoms with Crippen LogP contribution in [0.25, 0.3) is 0 Å². The monoisotopic (exact) mass is 234 g/mol. The molecule has 0 aliphatic heterocycles. The molecule has 1 aromatic carbocycles. The van der Waals surface area contributed by atoms with Crippen LogP contribution in [0.4, 0.5) is 0 Å². The Morgan fingerprint density at radius 3 is 1.82 bits per heavy atom. The van der Waals surface area contributed by atoms with Crippen molar-refractivity contribution in [3.8, 4) is 0 Å². The van der Waals surface area contributed by atoms with Gasteiger partial charge >= 0.3 is 0 Å². The maximum atomic E-state index is 5.91. The maximum Gasteiger partial charge on any atom is 0.0470 e. The Balaban J connectivity index is 2.89. The van der Waals surface area contributed by atoms with E-state index in [1.54, 1.807) is 0 Å². The van der Waals surface area contributed by atoms with Crippen molar-refractivity contribution in [2.75, 3.05) is 19.6 Å². The maximum absolute atomic E-state index is 5.91. The Morgan fingerprint density at radius 1 is 1.00 bits per heavy atom. The molecule has 0 heterocycles. The van der Waals surface area contributed by atoms with Gasteiger partial charge in [-0.3, -0.25) is 4.90 Å². The van der Waals surface area contributed by atoms with E-state index >= 15 is 0 Å². The molecule has 2 heteroatoms. The smallest absolute Gasteiger partial charge is 0.0470 e. The molecule has 2 N–H and O–H groups in total. The number of hydrogen-bond acceptors (Lipinski definition) is 2. The van der Waals surface area contributed by atoms with Crippen LogP contribution in [-0.2, 0) is 0 Å².